The Hall–Kier alpha value is -0.780. The lowest BCUT2D eigenvalue weighted by Crippen LogP contribution is -2.62. The van der Waals surface area contributed by atoms with Crippen LogP contribution in [0.15, 0.2) is 0 Å². The summed E-state index contributed by atoms with van der Waals surface area (Å²) in [4.78, 5) is 12.7. The molecule has 0 aromatic carbocycles. The molecule has 4 aliphatic carbocycles. The van der Waals surface area contributed by atoms with Gasteiger partial charge in [0, 0.05) is 31.6 Å². The lowest BCUT2D eigenvalue weighted by molar-refractivity contribution is -0.890. The maximum atomic E-state index is 12.7. The molecule has 4 aliphatic rings. The van der Waals surface area contributed by atoms with Gasteiger partial charge in [0.15, 0.2) is 0 Å². The van der Waals surface area contributed by atoms with Crippen molar-refractivity contribution in [1.29, 1.82) is 0 Å². The van der Waals surface area contributed by atoms with Gasteiger partial charge < -0.3 is 29.7 Å². The molecule has 0 aliphatic heterocycles. The third-order valence-electron chi connectivity index (χ3n) is 12.8. The number of hydrogen-bond acceptors (Lipinski definition) is 7. The van der Waals surface area contributed by atoms with Crippen LogP contribution in [0.3, 0.4) is 0 Å². The van der Waals surface area contributed by atoms with Crippen molar-refractivity contribution in [2.45, 2.75) is 110 Å². The number of nitrogens with one attached hydrogen (secondary N) is 1. The Kier molecular flexibility index (Phi) is 10.5. The Morgan fingerprint density at radius 2 is 1.71 bits per heavy atom. The number of nitrogens with zero attached hydrogens (tertiary/aromatic N) is 1. The molecule has 4 rings (SSSR count). The van der Waals surface area contributed by atoms with E-state index in [9.17, 15) is 33.1 Å². The zero-order valence-electron chi connectivity index (χ0n) is 26.6. The molecular weight excluding hydrogens is 556 g/mol. The summed E-state index contributed by atoms with van der Waals surface area (Å²) in [5, 5.41) is 36.6. The van der Waals surface area contributed by atoms with Crippen LogP contribution in [0.4, 0.5) is 0 Å². The molecule has 4 saturated carbocycles. The third-order valence-corrected chi connectivity index (χ3v) is 13.6. The molecule has 244 valence electrons. The second-order valence-corrected chi connectivity index (χ2v) is 17.3. The number of carbonyl (C=O) groups is 1. The molecular formula is C32H58N2O7S. The summed E-state index contributed by atoms with van der Waals surface area (Å²) in [6, 6.07) is 0. The fraction of sp³-hybridized carbons (Fsp3) is 0.969. The molecule has 0 aromatic heterocycles. The van der Waals surface area contributed by atoms with E-state index in [0.717, 1.165) is 64.3 Å². The molecule has 0 radical (unpaired) electrons. The minimum absolute atomic E-state index is 0.0368. The van der Waals surface area contributed by atoms with Crippen LogP contribution in [0.1, 0.15) is 91.4 Å². The highest BCUT2D eigenvalue weighted by atomic mass is 32.2. The Labute approximate surface area is 254 Å². The van der Waals surface area contributed by atoms with Gasteiger partial charge in [0.05, 0.1) is 55.6 Å². The van der Waals surface area contributed by atoms with E-state index in [1.165, 1.54) is 0 Å². The Morgan fingerprint density at radius 1 is 1.02 bits per heavy atom. The summed E-state index contributed by atoms with van der Waals surface area (Å²) in [5.74, 6) is 1.38. The maximum Gasteiger partial charge on any atom is 0.220 e. The van der Waals surface area contributed by atoms with Gasteiger partial charge in [-0.1, -0.05) is 20.8 Å². The number of quaternary nitrogens is 1. The number of fused-ring (bicyclic) bond motifs is 5. The van der Waals surface area contributed by atoms with E-state index in [0.29, 0.717) is 48.2 Å². The van der Waals surface area contributed by atoms with Crippen LogP contribution in [0.2, 0.25) is 0 Å². The predicted octanol–water partition coefficient (Wildman–Crippen LogP) is 2.88. The molecule has 42 heavy (non-hydrogen) atoms. The summed E-state index contributed by atoms with van der Waals surface area (Å²) in [7, 11) is -0.177. The van der Waals surface area contributed by atoms with Crippen LogP contribution in [0.25, 0.3) is 0 Å². The smallest absolute Gasteiger partial charge is 0.220 e. The molecule has 0 spiro atoms. The van der Waals surface area contributed by atoms with Gasteiger partial charge in [0.1, 0.15) is 0 Å². The van der Waals surface area contributed by atoms with E-state index in [2.05, 4.69) is 26.1 Å². The van der Waals surface area contributed by atoms with Crippen molar-refractivity contribution in [2.75, 3.05) is 39.5 Å². The van der Waals surface area contributed by atoms with Crippen LogP contribution < -0.4 is 5.32 Å². The first-order valence-electron chi connectivity index (χ1n) is 16.5. The maximum absolute atomic E-state index is 12.7. The molecule has 0 bridgehead atoms. The summed E-state index contributed by atoms with van der Waals surface area (Å²) in [5.41, 5.74) is -0.191. The van der Waals surface area contributed by atoms with E-state index in [-0.39, 0.29) is 52.5 Å². The summed E-state index contributed by atoms with van der Waals surface area (Å²) >= 11 is 0. The molecule has 1 amide bonds. The molecule has 0 heterocycles. The fourth-order valence-electron chi connectivity index (χ4n) is 10.3. The van der Waals surface area contributed by atoms with Crippen molar-refractivity contribution >= 4 is 16.0 Å². The summed E-state index contributed by atoms with van der Waals surface area (Å²) < 4.78 is 33.1. The number of aliphatic hydroxyl groups excluding tert-OH is 3. The predicted molar refractivity (Wildman–Crippen MR) is 161 cm³/mol. The normalized spacial score (nSPS) is 41.0. The molecule has 9 nitrogen and oxygen atoms in total. The molecule has 4 N–H and O–H groups in total. The number of carbonyl (C=O) groups excluding carboxylic acids is 1. The topological polar surface area (TPSA) is 147 Å². The molecule has 4 unspecified atom stereocenters. The van der Waals surface area contributed by atoms with Crippen molar-refractivity contribution in [3.8, 4) is 0 Å². The lowest BCUT2D eigenvalue weighted by atomic mass is 9.43. The molecule has 10 heteroatoms. The van der Waals surface area contributed by atoms with Gasteiger partial charge in [-0.15, -0.1) is 0 Å². The van der Waals surface area contributed by atoms with Gasteiger partial charge >= 0.3 is 0 Å². The van der Waals surface area contributed by atoms with Gasteiger partial charge in [-0.25, -0.2) is 8.42 Å². The minimum Gasteiger partial charge on any atom is -0.748 e. The van der Waals surface area contributed by atoms with E-state index >= 15 is 0 Å². The van der Waals surface area contributed by atoms with Crippen LogP contribution in [-0.2, 0) is 14.9 Å². The SMILES string of the molecule is C[C@H](CCC(=O)NCCC[N+](C)(C)CCCS(=O)(=O)[O-])[C@H]1CCC2C3C(C[C@H](O)[C@@]21C)[C@@]1(C)CC[C@@H](O)CC1C[C@H]3O. The van der Waals surface area contributed by atoms with Gasteiger partial charge in [-0.05, 0) is 97.7 Å². The van der Waals surface area contributed by atoms with Crippen molar-refractivity contribution < 1.29 is 37.6 Å². The summed E-state index contributed by atoms with van der Waals surface area (Å²) in [6.45, 7) is 8.78. The first-order valence-corrected chi connectivity index (χ1v) is 18.1. The fourth-order valence-corrected chi connectivity index (χ4v) is 10.8. The van der Waals surface area contributed by atoms with Crippen LogP contribution in [0.5, 0.6) is 0 Å². The summed E-state index contributed by atoms with van der Waals surface area (Å²) in [6.07, 6.45) is 7.35. The van der Waals surface area contributed by atoms with Crippen molar-refractivity contribution in [3.63, 3.8) is 0 Å². The number of rotatable bonds is 12. The van der Waals surface area contributed by atoms with E-state index in [1.54, 1.807) is 0 Å². The van der Waals surface area contributed by atoms with Crippen molar-refractivity contribution in [1.82, 2.24) is 5.32 Å². The van der Waals surface area contributed by atoms with E-state index < -0.39 is 16.2 Å². The highest BCUT2D eigenvalue weighted by Gasteiger charge is 2.65. The second kappa shape index (κ2) is 12.9. The van der Waals surface area contributed by atoms with E-state index in [1.807, 2.05) is 14.1 Å². The zero-order chi connectivity index (χ0) is 31.1. The number of amides is 1. The molecule has 4 fully saturated rings. The van der Waals surface area contributed by atoms with Gasteiger partial charge in [-0.2, -0.15) is 0 Å². The zero-order valence-corrected chi connectivity index (χ0v) is 27.4. The van der Waals surface area contributed by atoms with Crippen molar-refractivity contribution in [3.05, 3.63) is 0 Å². The largest absolute Gasteiger partial charge is 0.748 e. The van der Waals surface area contributed by atoms with Crippen molar-refractivity contribution in [2.24, 2.45) is 46.3 Å². The first kappa shape index (κ1) is 34.1. The Balaban J connectivity index is 1.27. The first-order chi connectivity index (χ1) is 19.5. The Morgan fingerprint density at radius 3 is 2.40 bits per heavy atom. The highest BCUT2D eigenvalue weighted by Crippen LogP contribution is 2.68. The monoisotopic (exact) mass is 614 g/mol. The van der Waals surface area contributed by atoms with E-state index in [4.69, 9.17) is 0 Å². The number of hydrogen-bond donors (Lipinski definition) is 4. The minimum atomic E-state index is -4.18. The highest BCUT2D eigenvalue weighted by molar-refractivity contribution is 7.85. The molecule has 0 saturated heterocycles. The third kappa shape index (κ3) is 7.20. The van der Waals surface area contributed by atoms with Gasteiger partial charge in [0.2, 0.25) is 5.91 Å². The standard InChI is InChI=1S/C32H58N2O7S/c1-21(8-11-29(38)33-14-6-15-34(4,5)16-7-17-42(39,40)41)24-9-10-25-30-26(20-28(37)32(24,25)3)31(2)13-12-23(35)18-22(31)19-27(30)36/h21-28,30,35-37H,6-20H2,1-5H3,(H-,33,38,39,40,41)/t21-,22?,23-,24-,25?,26?,27-,28+,30?,31+,32-/m1/s1. The second-order valence-electron chi connectivity index (χ2n) is 15.7. The average molecular weight is 615 g/mol. The average Bonchev–Trinajstić information content (AvgIpc) is 3.24. The van der Waals surface area contributed by atoms with Crippen LogP contribution >= 0.6 is 0 Å². The van der Waals surface area contributed by atoms with Crippen LogP contribution in [-0.4, -0.2) is 96.5 Å². The van der Waals surface area contributed by atoms with Gasteiger partial charge in [-0.3, -0.25) is 4.79 Å². The Bertz CT molecular complexity index is 1050. The van der Waals surface area contributed by atoms with Gasteiger partial charge in [0.25, 0.3) is 0 Å². The quantitative estimate of drug-likeness (QED) is 0.150. The number of aliphatic hydroxyl groups is 3. The van der Waals surface area contributed by atoms with Crippen LogP contribution in [0, 0.1) is 46.3 Å². The molecule has 0 aromatic rings. The lowest BCUT2D eigenvalue weighted by Gasteiger charge is -2.63. The molecule has 11 atom stereocenters.